The van der Waals surface area contributed by atoms with Crippen molar-refractivity contribution in [2.24, 2.45) is 0 Å². The van der Waals surface area contributed by atoms with Gasteiger partial charge in [0.05, 0.1) is 16.9 Å². The second-order valence-electron chi connectivity index (χ2n) is 7.91. The van der Waals surface area contributed by atoms with E-state index < -0.39 is 66.5 Å². The standard InChI is InChI=1S/C25H19F3N4O4S/c1-2-21(29)32-37(35,36)20-11-13(7-9-17(20)28)23(33)22(24(34)15-12-14(26)8-10-16(15)27)25-30-18-5-3-4-6-19(18)31-25/h3-12,30-31H,2H2,1H3,(H2,29,32). The van der Waals surface area contributed by atoms with E-state index in [0.717, 1.165) is 24.3 Å². The summed E-state index contributed by atoms with van der Waals surface area (Å²) in [4.78, 5) is 26.1. The van der Waals surface area contributed by atoms with E-state index in [1.807, 2.05) is 4.72 Å². The lowest BCUT2D eigenvalue weighted by Gasteiger charge is -2.13. The van der Waals surface area contributed by atoms with Gasteiger partial charge >= 0.3 is 0 Å². The molecule has 0 atom stereocenters. The highest BCUT2D eigenvalue weighted by Gasteiger charge is 2.32. The Morgan fingerprint density at radius 2 is 1.51 bits per heavy atom. The van der Waals surface area contributed by atoms with Crippen LogP contribution in [-0.4, -0.2) is 25.8 Å². The topological polar surface area (TPSA) is 128 Å². The lowest BCUT2D eigenvalue weighted by molar-refractivity contribution is 0.0959. The molecule has 0 spiro atoms. The number of para-hydroxylation sites is 2. The van der Waals surface area contributed by atoms with E-state index in [4.69, 9.17) is 5.41 Å². The van der Waals surface area contributed by atoms with Crippen molar-refractivity contribution in [2.75, 3.05) is 10.6 Å². The molecule has 0 radical (unpaired) electrons. The summed E-state index contributed by atoms with van der Waals surface area (Å²) in [7, 11) is -4.58. The molecule has 1 aliphatic heterocycles. The monoisotopic (exact) mass is 528 g/mol. The fourth-order valence-corrected chi connectivity index (χ4v) is 4.73. The zero-order valence-corrected chi connectivity index (χ0v) is 20.0. The smallest absolute Gasteiger partial charge is 0.265 e. The van der Waals surface area contributed by atoms with E-state index in [9.17, 15) is 31.2 Å². The van der Waals surface area contributed by atoms with Crippen molar-refractivity contribution in [2.45, 2.75) is 18.2 Å². The van der Waals surface area contributed by atoms with Crippen LogP contribution in [0.2, 0.25) is 0 Å². The molecule has 4 rings (SSSR count). The van der Waals surface area contributed by atoms with Crippen LogP contribution in [0.5, 0.6) is 0 Å². The second kappa shape index (κ2) is 9.90. The number of hydrogen-bond acceptors (Lipinski definition) is 7. The summed E-state index contributed by atoms with van der Waals surface area (Å²) >= 11 is 0. The first-order valence-corrected chi connectivity index (χ1v) is 12.3. The number of amidine groups is 1. The molecule has 3 aromatic carbocycles. The molecule has 190 valence electrons. The molecule has 0 aliphatic carbocycles. The third-order valence-electron chi connectivity index (χ3n) is 5.42. The zero-order valence-electron chi connectivity index (χ0n) is 19.2. The third kappa shape index (κ3) is 5.09. The lowest BCUT2D eigenvalue weighted by atomic mass is 9.95. The van der Waals surface area contributed by atoms with Gasteiger partial charge in [-0.1, -0.05) is 19.1 Å². The third-order valence-corrected chi connectivity index (χ3v) is 6.82. The summed E-state index contributed by atoms with van der Waals surface area (Å²) in [5.41, 5.74) is -0.842. The van der Waals surface area contributed by atoms with E-state index in [-0.39, 0.29) is 12.2 Å². The van der Waals surface area contributed by atoms with E-state index >= 15 is 0 Å². The van der Waals surface area contributed by atoms with Crippen molar-refractivity contribution < 1.29 is 31.2 Å². The number of nitrogens with one attached hydrogen (secondary N) is 4. The molecule has 8 nitrogen and oxygen atoms in total. The van der Waals surface area contributed by atoms with Crippen LogP contribution in [0.1, 0.15) is 34.1 Å². The van der Waals surface area contributed by atoms with Crippen molar-refractivity contribution in [3.8, 4) is 0 Å². The minimum atomic E-state index is -4.58. The van der Waals surface area contributed by atoms with Crippen LogP contribution in [0.4, 0.5) is 24.5 Å². The minimum Gasteiger partial charge on any atom is -0.339 e. The van der Waals surface area contributed by atoms with E-state index in [1.165, 1.54) is 6.92 Å². The first-order valence-electron chi connectivity index (χ1n) is 10.8. The zero-order chi connectivity index (χ0) is 26.9. The number of carbonyl (C=O) groups excluding carboxylic acids is 2. The molecule has 0 saturated carbocycles. The van der Waals surface area contributed by atoms with Gasteiger partial charge in [0.2, 0.25) is 11.6 Å². The molecule has 0 unspecified atom stereocenters. The molecule has 4 N–H and O–H groups in total. The van der Waals surface area contributed by atoms with Gasteiger partial charge in [0.15, 0.2) is 0 Å². The van der Waals surface area contributed by atoms with E-state index in [0.29, 0.717) is 23.5 Å². The predicted molar refractivity (Wildman–Crippen MR) is 130 cm³/mol. The molecule has 0 saturated heterocycles. The summed E-state index contributed by atoms with van der Waals surface area (Å²) in [5, 5.41) is 13.2. The van der Waals surface area contributed by atoms with Gasteiger partial charge < -0.3 is 10.6 Å². The molecule has 3 aromatic rings. The van der Waals surface area contributed by atoms with Crippen LogP contribution in [0, 0.1) is 22.9 Å². The highest BCUT2D eigenvalue weighted by molar-refractivity contribution is 7.90. The molecule has 1 aliphatic rings. The van der Waals surface area contributed by atoms with Crippen molar-refractivity contribution in [1.82, 2.24) is 4.72 Å². The molecule has 12 heteroatoms. The Bertz CT molecular complexity index is 1580. The van der Waals surface area contributed by atoms with Gasteiger partial charge in [-0.15, -0.1) is 0 Å². The SMILES string of the molecule is CCC(=N)NS(=O)(=O)c1cc(C(=O)C(C(=O)c2cc(F)ccc2F)=C2Nc3ccccc3N2)ccc1F. The summed E-state index contributed by atoms with van der Waals surface area (Å²) in [6.07, 6.45) is 0.0152. The van der Waals surface area contributed by atoms with Crippen LogP contribution in [0.15, 0.2) is 77.0 Å². The van der Waals surface area contributed by atoms with Crippen molar-refractivity contribution in [3.63, 3.8) is 0 Å². The van der Waals surface area contributed by atoms with Gasteiger partial charge in [0.1, 0.15) is 39.6 Å². The number of allylic oxidation sites excluding steroid dienone is 1. The number of rotatable bonds is 7. The molecule has 37 heavy (non-hydrogen) atoms. The quantitative estimate of drug-likeness (QED) is 0.0888. The highest BCUT2D eigenvalue weighted by atomic mass is 32.2. The Morgan fingerprint density at radius 1 is 0.892 bits per heavy atom. The molecular weight excluding hydrogens is 509 g/mol. The molecule has 1 heterocycles. The summed E-state index contributed by atoms with van der Waals surface area (Å²) in [5.74, 6) is -6.04. The number of hydrogen-bond donors (Lipinski definition) is 4. The Hall–Kier alpha value is -4.45. The van der Waals surface area contributed by atoms with Crippen molar-refractivity contribution in [1.29, 1.82) is 5.41 Å². The number of benzene rings is 3. The van der Waals surface area contributed by atoms with Gasteiger partial charge in [-0.2, -0.15) is 0 Å². The number of halogens is 3. The molecule has 0 aromatic heterocycles. The van der Waals surface area contributed by atoms with Crippen LogP contribution in [-0.2, 0) is 10.0 Å². The maximum Gasteiger partial charge on any atom is 0.265 e. The fraction of sp³-hybridized carbons (Fsp3) is 0.0800. The fourth-order valence-electron chi connectivity index (χ4n) is 3.55. The Kier molecular flexibility index (Phi) is 6.86. The van der Waals surface area contributed by atoms with Gasteiger partial charge in [-0.05, 0) is 48.5 Å². The maximum absolute atomic E-state index is 14.5. The van der Waals surface area contributed by atoms with Crippen LogP contribution in [0.3, 0.4) is 0 Å². The number of carbonyl (C=O) groups is 2. The normalized spacial score (nSPS) is 12.3. The largest absolute Gasteiger partial charge is 0.339 e. The van der Waals surface area contributed by atoms with E-state index in [2.05, 4.69) is 10.6 Å². The number of ketones is 2. The van der Waals surface area contributed by atoms with Crippen LogP contribution in [0.25, 0.3) is 0 Å². The van der Waals surface area contributed by atoms with Crippen molar-refractivity contribution >= 4 is 38.8 Å². The van der Waals surface area contributed by atoms with Crippen molar-refractivity contribution in [3.05, 3.63) is 101 Å². The van der Waals surface area contributed by atoms with Gasteiger partial charge in [-0.3, -0.25) is 19.7 Å². The summed E-state index contributed by atoms with van der Waals surface area (Å²) in [6.45, 7) is 1.51. The molecule has 0 fully saturated rings. The Morgan fingerprint density at radius 3 is 2.14 bits per heavy atom. The maximum atomic E-state index is 14.5. The number of sulfonamides is 1. The van der Waals surface area contributed by atoms with Crippen LogP contribution >= 0.6 is 0 Å². The Labute approximate surface area is 209 Å². The minimum absolute atomic E-state index is 0.0152. The first-order chi connectivity index (χ1) is 17.5. The second-order valence-corrected chi connectivity index (χ2v) is 9.56. The number of anilines is 2. The summed E-state index contributed by atoms with van der Waals surface area (Å²) < 4.78 is 70.0. The first kappa shape index (κ1) is 25.6. The molecule has 0 bridgehead atoms. The summed E-state index contributed by atoms with van der Waals surface area (Å²) in [6, 6.07) is 11.2. The molecular formula is C25H19F3N4O4S. The predicted octanol–water partition coefficient (Wildman–Crippen LogP) is 4.58. The van der Waals surface area contributed by atoms with Gasteiger partial charge in [-0.25, -0.2) is 21.6 Å². The van der Waals surface area contributed by atoms with Gasteiger partial charge in [0, 0.05) is 12.0 Å². The number of fused-ring (bicyclic) bond motifs is 1. The Balaban J connectivity index is 1.85. The lowest BCUT2D eigenvalue weighted by Crippen LogP contribution is -2.30. The number of Topliss-reactive ketones (excluding diaryl/α,β-unsaturated/α-hetero) is 2. The van der Waals surface area contributed by atoms with Crippen LogP contribution < -0.4 is 15.4 Å². The highest BCUT2D eigenvalue weighted by Crippen LogP contribution is 2.33. The molecule has 0 amide bonds. The van der Waals surface area contributed by atoms with E-state index in [1.54, 1.807) is 24.3 Å². The average molecular weight is 529 g/mol. The average Bonchev–Trinajstić information content (AvgIpc) is 3.28. The van der Waals surface area contributed by atoms with Gasteiger partial charge in [0.25, 0.3) is 10.0 Å².